The molecule has 1 aromatic heterocycles. The van der Waals surface area contributed by atoms with Gasteiger partial charge in [0.25, 0.3) is 11.5 Å². The van der Waals surface area contributed by atoms with E-state index >= 15 is 0 Å². The van der Waals surface area contributed by atoms with Crippen molar-refractivity contribution >= 4 is 16.8 Å². The molecule has 2 aliphatic heterocycles. The van der Waals surface area contributed by atoms with Crippen LogP contribution in [0, 0.1) is 0 Å². The molecule has 1 aromatic carbocycles. The number of nitrogens with one attached hydrogen (secondary N) is 2. The summed E-state index contributed by atoms with van der Waals surface area (Å²) in [5, 5.41) is 17.3. The number of hydrogen-bond donors (Lipinski definition) is 3. The molecule has 0 saturated carbocycles. The predicted molar refractivity (Wildman–Crippen MR) is 123 cm³/mol. The van der Waals surface area contributed by atoms with Gasteiger partial charge in [0.1, 0.15) is 5.56 Å². The molecule has 2 unspecified atom stereocenters. The molecule has 3 atom stereocenters. The minimum atomic E-state index is -0.383. The number of para-hydroxylation sites is 1. The molecule has 0 radical (unpaired) electrons. The van der Waals surface area contributed by atoms with Gasteiger partial charge in [-0.05, 0) is 64.1 Å². The van der Waals surface area contributed by atoms with Gasteiger partial charge in [-0.15, -0.1) is 0 Å². The van der Waals surface area contributed by atoms with Crippen molar-refractivity contribution in [2.24, 2.45) is 0 Å². The van der Waals surface area contributed by atoms with Gasteiger partial charge in [-0.1, -0.05) is 18.2 Å². The molecule has 7 heteroatoms. The lowest BCUT2D eigenvalue weighted by atomic mass is 9.96. The number of aliphatic hydroxyl groups is 1. The number of fused-ring (bicyclic) bond motifs is 3. The largest absolute Gasteiger partial charge is 0.390 e. The molecule has 31 heavy (non-hydrogen) atoms. The Morgan fingerprint density at radius 2 is 1.87 bits per heavy atom. The monoisotopic (exact) mass is 426 g/mol. The first-order chi connectivity index (χ1) is 14.9. The Morgan fingerprint density at radius 1 is 1.19 bits per heavy atom. The number of benzene rings is 1. The average Bonchev–Trinajstić information content (AvgIpc) is 2.95. The Morgan fingerprint density at radius 3 is 2.52 bits per heavy atom. The SMILES string of the molecule is CNC[C@H](O)CN1C2CCC1CC(NC(=O)c1cc3ccccc3n(C(C)C)c1=O)C2. The summed E-state index contributed by atoms with van der Waals surface area (Å²) in [5.41, 5.74) is 0.832. The maximum Gasteiger partial charge on any atom is 0.264 e. The number of nitrogens with zero attached hydrogens (tertiary/aromatic N) is 2. The molecule has 3 heterocycles. The zero-order valence-electron chi connectivity index (χ0n) is 18.7. The third-order valence-corrected chi connectivity index (χ3v) is 6.79. The highest BCUT2D eigenvalue weighted by Crippen LogP contribution is 2.35. The summed E-state index contributed by atoms with van der Waals surface area (Å²) < 4.78 is 1.71. The maximum absolute atomic E-state index is 13.1. The van der Waals surface area contributed by atoms with Gasteiger partial charge in [0.2, 0.25) is 0 Å². The number of amides is 1. The summed E-state index contributed by atoms with van der Waals surface area (Å²) in [4.78, 5) is 28.7. The predicted octanol–water partition coefficient (Wildman–Crippen LogP) is 1.89. The smallest absolute Gasteiger partial charge is 0.264 e. The van der Waals surface area contributed by atoms with E-state index in [0.29, 0.717) is 25.2 Å². The van der Waals surface area contributed by atoms with Gasteiger partial charge in [0.05, 0.1) is 11.6 Å². The second-order valence-electron chi connectivity index (χ2n) is 9.32. The highest BCUT2D eigenvalue weighted by molar-refractivity contribution is 5.97. The van der Waals surface area contributed by atoms with Gasteiger partial charge in [0.15, 0.2) is 0 Å². The molecule has 2 bridgehead atoms. The Bertz CT molecular complexity index is 988. The van der Waals surface area contributed by atoms with Crippen LogP contribution >= 0.6 is 0 Å². The van der Waals surface area contributed by atoms with E-state index in [1.165, 1.54) is 0 Å². The number of piperidine rings is 1. The molecule has 7 nitrogen and oxygen atoms in total. The van der Waals surface area contributed by atoms with Gasteiger partial charge in [0, 0.05) is 37.3 Å². The normalized spacial score (nSPS) is 24.6. The summed E-state index contributed by atoms with van der Waals surface area (Å²) >= 11 is 0. The number of rotatable bonds is 7. The number of aliphatic hydroxyl groups excluding tert-OH is 1. The number of hydrogen-bond acceptors (Lipinski definition) is 5. The molecule has 2 aliphatic rings. The van der Waals surface area contributed by atoms with Gasteiger partial charge in [-0.3, -0.25) is 14.5 Å². The average molecular weight is 427 g/mol. The lowest BCUT2D eigenvalue weighted by Gasteiger charge is -2.40. The van der Waals surface area contributed by atoms with E-state index in [0.717, 1.165) is 36.6 Å². The Labute approximate surface area is 183 Å². The third kappa shape index (κ3) is 4.40. The van der Waals surface area contributed by atoms with Crippen LogP contribution in [-0.2, 0) is 0 Å². The van der Waals surface area contributed by atoms with Gasteiger partial charge in [-0.2, -0.15) is 0 Å². The second kappa shape index (κ2) is 9.10. The summed E-state index contributed by atoms with van der Waals surface area (Å²) in [6.07, 6.45) is 3.53. The van der Waals surface area contributed by atoms with Crippen molar-refractivity contribution in [1.29, 1.82) is 0 Å². The number of carbonyl (C=O) groups is 1. The van der Waals surface area contributed by atoms with E-state index in [-0.39, 0.29) is 35.2 Å². The van der Waals surface area contributed by atoms with Gasteiger partial charge >= 0.3 is 0 Å². The summed E-state index contributed by atoms with van der Waals surface area (Å²) in [5.74, 6) is -0.279. The van der Waals surface area contributed by atoms with E-state index in [1.54, 1.807) is 10.6 Å². The molecule has 2 saturated heterocycles. The molecule has 2 aromatic rings. The first-order valence-corrected chi connectivity index (χ1v) is 11.4. The summed E-state index contributed by atoms with van der Waals surface area (Å²) in [7, 11) is 1.85. The Balaban J connectivity index is 1.51. The first-order valence-electron chi connectivity index (χ1n) is 11.4. The molecule has 3 N–H and O–H groups in total. The Kier molecular flexibility index (Phi) is 6.46. The number of pyridine rings is 1. The summed E-state index contributed by atoms with van der Waals surface area (Å²) in [6, 6.07) is 10.2. The van der Waals surface area contributed by atoms with E-state index in [9.17, 15) is 14.7 Å². The molecule has 4 rings (SSSR count). The number of likely N-dealkylation sites (N-methyl/N-ethyl adjacent to an activating group) is 1. The van der Waals surface area contributed by atoms with Crippen molar-refractivity contribution in [3.05, 3.63) is 46.2 Å². The van der Waals surface area contributed by atoms with Crippen LogP contribution in [-0.4, -0.2) is 64.8 Å². The number of carbonyl (C=O) groups excluding carboxylic acids is 1. The van der Waals surface area contributed by atoms with Crippen molar-refractivity contribution in [1.82, 2.24) is 20.1 Å². The van der Waals surface area contributed by atoms with E-state index in [4.69, 9.17) is 0 Å². The van der Waals surface area contributed by atoms with Gasteiger partial charge < -0.3 is 20.3 Å². The fourth-order valence-corrected chi connectivity index (χ4v) is 5.46. The highest BCUT2D eigenvalue weighted by Gasteiger charge is 2.41. The molecule has 2 fully saturated rings. The third-order valence-electron chi connectivity index (χ3n) is 6.79. The lowest BCUT2D eigenvalue weighted by molar-refractivity contribution is 0.0511. The van der Waals surface area contributed by atoms with Crippen LogP contribution < -0.4 is 16.2 Å². The standard InChI is InChI=1S/C24H34N4O3/c1-15(2)28-22-7-5-4-6-16(22)10-21(24(28)31)23(30)26-17-11-18-8-9-19(12-17)27(18)14-20(29)13-25-3/h4-7,10,15,17-20,25,29H,8-9,11-14H2,1-3H3,(H,26,30)/t17?,18?,19?,20-/m0/s1. The molecule has 1 amide bonds. The lowest BCUT2D eigenvalue weighted by Crippen LogP contribution is -2.53. The quantitative estimate of drug-likeness (QED) is 0.630. The maximum atomic E-state index is 13.1. The molecule has 0 aliphatic carbocycles. The molecule has 0 spiro atoms. The first kappa shape index (κ1) is 22.0. The minimum Gasteiger partial charge on any atom is -0.390 e. The topological polar surface area (TPSA) is 86.6 Å². The zero-order valence-corrected chi connectivity index (χ0v) is 18.7. The van der Waals surface area contributed by atoms with Crippen molar-refractivity contribution in [2.45, 2.75) is 69.8 Å². The molecular weight excluding hydrogens is 392 g/mol. The highest BCUT2D eigenvalue weighted by atomic mass is 16.3. The number of aromatic nitrogens is 1. The van der Waals surface area contributed by atoms with Crippen LogP contribution in [0.5, 0.6) is 0 Å². The zero-order chi connectivity index (χ0) is 22.1. The fraction of sp³-hybridized carbons (Fsp3) is 0.583. The van der Waals surface area contributed by atoms with Crippen molar-refractivity contribution in [2.75, 3.05) is 20.1 Å². The van der Waals surface area contributed by atoms with E-state index < -0.39 is 0 Å². The fourth-order valence-electron chi connectivity index (χ4n) is 5.46. The van der Waals surface area contributed by atoms with Gasteiger partial charge in [-0.25, -0.2) is 0 Å². The van der Waals surface area contributed by atoms with Crippen LogP contribution in [0.1, 0.15) is 55.9 Å². The van der Waals surface area contributed by atoms with Crippen LogP contribution in [0.25, 0.3) is 10.9 Å². The van der Waals surface area contributed by atoms with Crippen molar-refractivity contribution in [3.63, 3.8) is 0 Å². The van der Waals surface area contributed by atoms with Crippen LogP contribution in [0.2, 0.25) is 0 Å². The van der Waals surface area contributed by atoms with Crippen LogP contribution in [0.3, 0.4) is 0 Å². The van der Waals surface area contributed by atoms with Crippen molar-refractivity contribution < 1.29 is 9.90 Å². The van der Waals surface area contributed by atoms with Crippen LogP contribution in [0.4, 0.5) is 0 Å². The molecule has 168 valence electrons. The van der Waals surface area contributed by atoms with E-state index in [1.807, 2.05) is 45.2 Å². The minimum absolute atomic E-state index is 0.0340. The van der Waals surface area contributed by atoms with E-state index in [2.05, 4.69) is 15.5 Å². The van der Waals surface area contributed by atoms with Crippen LogP contribution in [0.15, 0.2) is 35.1 Å². The Hall–Kier alpha value is -2.22. The molecular formula is C24H34N4O3. The van der Waals surface area contributed by atoms with Crippen molar-refractivity contribution in [3.8, 4) is 0 Å². The summed E-state index contributed by atoms with van der Waals surface area (Å²) in [6.45, 7) is 5.18. The second-order valence-corrected chi connectivity index (χ2v) is 9.32.